The Bertz CT molecular complexity index is 4760. The smallest absolute Gasteiger partial charge is 0.0755 e. The maximum Gasteiger partial charge on any atom is 0.0755 e. The van der Waals surface area contributed by atoms with Gasteiger partial charge < -0.3 is 9.47 Å². The van der Waals surface area contributed by atoms with Crippen molar-refractivity contribution in [2.75, 3.05) is 4.90 Å². The van der Waals surface area contributed by atoms with E-state index >= 15 is 0 Å². The number of aromatic nitrogens is 1. The molecule has 14 aromatic rings. The lowest BCUT2D eigenvalue weighted by molar-refractivity contribution is 0.748. The molecule has 2 nitrogen and oxygen atoms in total. The van der Waals surface area contributed by atoms with Crippen LogP contribution in [0.5, 0.6) is 0 Å². The van der Waals surface area contributed by atoms with E-state index in [0.717, 1.165) is 17.1 Å². The lowest BCUT2D eigenvalue weighted by Gasteiger charge is -2.40. The van der Waals surface area contributed by atoms with Gasteiger partial charge in [-0.15, -0.1) is 0 Å². The average molecular weight is 1020 g/mol. The molecule has 2 heteroatoms. The fourth-order valence-corrected chi connectivity index (χ4v) is 14.8. The van der Waals surface area contributed by atoms with Crippen molar-refractivity contribution >= 4 is 49.6 Å². The summed E-state index contributed by atoms with van der Waals surface area (Å²) in [5.41, 5.74) is 25.9. The van der Waals surface area contributed by atoms with Gasteiger partial charge in [0.25, 0.3) is 0 Å². The van der Waals surface area contributed by atoms with Gasteiger partial charge in [0, 0.05) is 27.8 Å². The molecule has 0 saturated carbocycles. The van der Waals surface area contributed by atoms with Crippen molar-refractivity contribution in [3.8, 4) is 50.2 Å². The lowest BCUT2D eigenvalue weighted by Crippen LogP contribution is -2.33. The Kier molecular flexibility index (Phi) is 9.58. The van der Waals surface area contributed by atoms with Crippen molar-refractivity contribution in [2.24, 2.45) is 0 Å². The lowest BCUT2D eigenvalue weighted by atomic mass is 9.65. The summed E-state index contributed by atoms with van der Waals surface area (Å²) < 4.78 is 2.53. The molecule has 372 valence electrons. The van der Waals surface area contributed by atoms with Crippen LogP contribution in [0, 0.1) is 0 Å². The maximum absolute atomic E-state index is 2.54. The molecule has 0 bridgehead atoms. The number of fused-ring (bicyclic) bond motifs is 17. The van der Waals surface area contributed by atoms with E-state index in [1.807, 2.05) is 0 Å². The highest BCUT2D eigenvalue weighted by atomic mass is 15.1. The minimum absolute atomic E-state index is 0.610. The van der Waals surface area contributed by atoms with Crippen LogP contribution in [0.4, 0.5) is 17.1 Å². The monoisotopic (exact) mass is 1010 g/mol. The first-order valence-electron chi connectivity index (χ1n) is 27.9. The fourth-order valence-electron chi connectivity index (χ4n) is 14.8. The van der Waals surface area contributed by atoms with Crippen LogP contribution in [-0.2, 0) is 10.8 Å². The molecule has 3 aliphatic rings. The van der Waals surface area contributed by atoms with E-state index in [9.17, 15) is 0 Å². The van der Waals surface area contributed by atoms with Gasteiger partial charge in [-0.1, -0.05) is 255 Å². The summed E-state index contributed by atoms with van der Waals surface area (Å²) in [6.07, 6.45) is 0. The van der Waals surface area contributed by atoms with Gasteiger partial charge in [-0.25, -0.2) is 0 Å². The van der Waals surface area contributed by atoms with Crippen molar-refractivity contribution < 1.29 is 0 Å². The van der Waals surface area contributed by atoms with Crippen LogP contribution in [-0.4, -0.2) is 4.57 Å². The number of benzene rings is 13. The van der Waals surface area contributed by atoms with Crippen molar-refractivity contribution in [1.82, 2.24) is 4.57 Å². The third-order valence-electron chi connectivity index (χ3n) is 18.1. The summed E-state index contributed by atoms with van der Waals surface area (Å²) in [4.78, 5) is 2.52. The number of nitrogens with zero attached hydrogens (tertiary/aromatic N) is 2. The van der Waals surface area contributed by atoms with Crippen molar-refractivity contribution in [1.29, 1.82) is 0 Å². The molecular weight excluding hydrogens is 965 g/mol. The average Bonchev–Trinajstić information content (AvgIpc) is 2.82. The van der Waals surface area contributed by atoms with Gasteiger partial charge in [0.15, 0.2) is 0 Å². The van der Waals surface area contributed by atoms with Gasteiger partial charge in [0.2, 0.25) is 0 Å². The quantitative estimate of drug-likeness (QED) is 0.154. The summed E-state index contributed by atoms with van der Waals surface area (Å²) in [6, 6.07) is 114. The van der Waals surface area contributed by atoms with E-state index < -0.39 is 10.8 Å². The van der Waals surface area contributed by atoms with E-state index in [-0.39, 0.29) is 0 Å². The molecule has 1 atom stereocenters. The molecule has 1 aromatic heterocycles. The molecule has 0 fully saturated rings. The van der Waals surface area contributed by atoms with Gasteiger partial charge in [-0.3, -0.25) is 0 Å². The highest BCUT2D eigenvalue weighted by Gasteiger charge is 2.52. The third-order valence-corrected chi connectivity index (χ3v) is 18.1. The molecule has 0 radical (unpaired) electrons. The number of hydrogen-bond donors (Lipinski definition) is 0. The van der Waals surface area contributed by atoms with Gasteiger partial charge in [-0.05, 0) is 148 Å². The fraction of sp³-hybridized carbons (Fsp3) is 0.0256. The van der Waals surface area contributed by atoms with E-state index in [2.05, 4.69) is 313 Å². The number of para-hydroxylation sites is 3. The summed E-state index contributed by atoms with van der Waals surface area (Å²) in [5.74, 6) is 0. The Morgan fingerprint density at radius 1 is 0.275 bits per heavy atom. The van der Waals surface area contributed by atoms with Gasteiger partial charge in [0.05, 0.1) is 27.6 Å². The predicted molar refractivity (Wildman–Crippen MR) is 332 cm³/mol. The van der Waals surface area contributed by atoms with Crippen LogP contribution in [0.25, 0.3) is 82.8 Å². The predicted octanol–water partition coefficient (Wildman–Crippen LogP) is 19.8. The zero-order chi connectivity index (χ0) is 52.5. The maximum atomic E-state index is 2.54. The molecular formula is C78H50N2. The molecule has 0 amide bonds. The first-order chi connectivity index (χ1) is 39.7. The minimum Gasteiger partial charge on any atom is -0.310 e. The van der Waals surface area contributed by atoms with Gasteiger partial charge in [-0.2, -0.15) is 0 Å². The highest BCUT2D eigenvalue weighted by Crippen LogP contribution is 2.63. The van der Waals surface area contributed by atoms with Gasteiger partial charge in [0.1, 0.15) is 0 Å². The number of anilines is 3. The van der Waals surface area contributed by atoms with Crippen LogP contribution in [0.1, 0.15) is 44.5 Å². The van der Waals surface area contributed by atoms with E-state index in [4.69, 9.17) is 0 Å². The Morgan fingerprint density at radius 3 is 1.49 bits per heavy atom. The summed E-state index contributed by atoms with van der Waals surface area (Å²) in [6.45, 7) is 0. The van der Waals surface area contributed by atoms with Crippen LogP contribution < -0.4 is 4.90 Å². The first-order valence-corrected chi connectivity index (χ1v) is 27.9. The standard InChI is InChI=1S/C78H50N2/c1-4-19-51(20-5-1)52-35-37-53(38-36-52)54-39-42-58(43-40-54)79(60-45-47-66-72(50-60)77(56-22-6-2-7-23-56,57-24-8-3-9-25-57)69-48-41-55-21-10-11-26-61(55)75(66)69)59-44-46-63-62-27-12-14-30-67(62)78(71(63)49-59)68-31-15-17-34-74(68)80-73-33-16-13-28-64(73)65-29-18-32-70(78)76(65)80/h1-50H. The van der Waals surface area contributed by atoms with E-state index in [1.54, 1.807) is 0 Å². The number of hydrogen-bond acceptors (Lipinski definition) is 1. The van der Waals surface area contributed by atoms with E-state index in [1.165, 1.54) is 127 Å². The largest absolute Gasteiger partial charge is 0.310 e. The topological polar surface area (TPSA) is 8.17 Å². The van der Waals surface area contributed by atoms with Crippen molar-refractivity contribution in [3.63, 3.8) is 0 Å². The SMILES string of the molecule is c1ccc(-c2ccc(-c3ccc(N(c4ccc5c(c4)C(c4ccccc4)(c4ccccc4)c4ccc6ccccc6c4-5)c4ccc5c(c4)C4(c6ccccc6-5)c5ccccc5-n5c6ccccc6c6cccc4c65)cc3)cc2)cc1. The second kappa shape index (κ2) is 17.1. The van der Waals surface area contributed by atoms with Crippen LogP contribution in [0.15, 0.2) is 303 Å². The van der Waals surface area contributed by atoms with Crippen molar-refractivity contribution in [3.05, 3.63) is 348 Å². The van der Waals surface area contributed by atoms with Crippen LogP contribution >= 0.6 is 0 Å². The van der Waals surface area contributed by atoms with E-state index in [0.29, 0.717) is 0 Å². The zero-order valence-corrected chi connectivity index (χ0v) is 43.8. The second-order valence-corrected chi connectivity index (χ2v) is 21.8. The molecule has 17 rings (SSSR count). The Hall–Kier alpha value is -10.3. The van der Waals surface area contributed by atoms with Crippen LogP contribution in [0.3, 0.4) is 0 Å². The molecule has 2 aliphatic carbocycles. The third kappa shape index (κ3) is 6.08. The van der Waals surface area contributed by atoms with Crippen LogP contribution in [0.2, 0.25) is 0 Å². The van der Waals surface area contributed by atoms with Gasteiger partial charge >= 0.3 is 0 Å². The molecule has 0 saturated heterocycles. The summed E-state index contributed by atoms with van der Waals surface area (Å²) >= 11 is 0. The Labute approximate surface area is 465 Å². The molecule has 2 heterocycles. The highest BCUT2D eigenvalue weighted by molar-refractivity contribution is 6.13. The number of rotatable bonds is 7. The summed E-state index contributed by atoms with van der Waals surface area (Å²) in [5, 5.41) is 5.05. The molecule has 1 aliphatic heterocycles. The molecule has 80 heavy (non-hydrogen) atoms. The second-order valence-electron chi connectivity index (χ2n) is 21.8. The van der Waals surface area contributed by atoms with Crippen molar-refractivity contribution in [2.45, 2.75) is 10.8 Å². The molecule has 13 aromatic carbocycles. The first kappa shape index (κ1) is 44.8. The Morgan fingerprint density at radius 2 is 0.775 bits per heavy atom. The molecule has 1 unspecified atom stereocenters. The Balaban J connectivity index is 0.926. The minimum atomic E-state index is -0.611. The summed E-state index contributed by atoms with van der Waals surface area (Å²) in [7, 11) is 0. The molecule has 1 spiro atoms. The zero-order valence-electron chi connectivity index (χ0n) is 43.8. The normalized spacial score (nSPS) is 14.9. The molecule has 0 N–H and O–H groups in total.